The highest BCUT2D eigenvalue weighted by atomic mass is 16.5. The van der Waals surface area contributed by atoms with Gasteiger partial charge in [0.2, 0.25) is 5.91 Å². The Bertz CT molecular complexity index is 987. The first kappa shape index (κ1) is 19.1. The summed E-state index contributed by atoms with van der Waals surface area (Å²) in [5.41, 5.74) is 4.96. The Labute approximate surface area is 171 Å². The third-order valence-corrected chi connectivity index (χ3v) is 5.48. The van der Waals surface area contributed by atoms with Crippen LogP contribution in [0.5, 0.6) is 0 Å². The van der Waals surface area contributed by atoms with Crippen LogP contribution in [0.25, 0.3) is 17.2 Å². The number of aromatic nitrogens is 2. The molecule has 0 bridgehead atoms. The maximum absolute atomic E-state index is 12.6. The molecule has 148 valence electrons. The quantitative estimate of drug-likeness (QED) is 0.605. The maximum atomic E-state index is 12.6. The molecule has 0 aliphatic carbocycles. The smallest absolute Gasteiger partial charge is 0.246 e. The Morgan fingerprint density at radius 2 is 2.00 bits per heavy atom. The predicted molar refractivity (Wildman–Crippen MR) is 113 cm³/mol. The van der Waals surface area contributed by atoms with E-state index < -0.39 is 0 Å². The Kier molecular flexibility index (Phi) is 5.56. The van der Waals surface area contributed by atoms with Crippen LogP contribution in [-0.2, 0) is 4.79 Å². The Morgan fingerprint density at radius 1 is 1.17 bits per heavy atom. The molecule has 3 aromatic rings. The highest BCUT2D eigenvalue weighted by molar-refractivity contribution is 5.91. The van der Waals surface area contributed by atoms with Gasteiger partial charge in [-0.1, -0.05) is 41.6 Å². The molecule has 1 aliphatic heterocycles. The number of hydrogen-bond acceptors (Lipinski definition) is 4. The van der Waals surface area contributed by atoms with Crippen LogP contribution in [0.2, 0.25) is 0 Å². The van der Waals surface area contributed by atoms with Crippen molar-refractivity contribution in [3.05, 3.63) is 77.4 Å². The number of amides is 1. The van der Waals surface area contributed by atoms with Crippen LogP contribution in [-0.4, -0.2) is 34.0 Å². The van der Waals surface area contributed by atoms with E-state index in [4.69, 9.17) is 9.51 Å². The van der Waals surface area contributed by atoms with Crippen molar-refractivity contribution in [1.29, 1.82) is 0 Å². The summed E-state index contributed by atoms with van der Waals surface area (Å²) < 4.78 is 5.26. The molecule has 0 unspecified atom stereocenters. The molecule has 29 heavy (non-hydrogen) atoms. The molecule has 0 N–H and O–H groups in total. The number of nitrogens with zero attached hydrogens (tertiary/aromatic N) is 3. The lowest BCUT2D eigenvalue weighted by atomic mass is 9.93. The van der Waals surface area contributed by atoms with Crippen molar-refractivity contribution < 1.29 is 9.32 Å². The van der Waals surface area contributed by atoms with Gasteiger partial charge in [-0.2, -0.15) is 0 Å². The minimum absolute atomic E-state index is 0.0610. The highest BCUT2D eigenvalue weighted by Gasteiger charge is 2.24. The van der Waals surface area contributed by atoms with Crippen LogP contribution < -0.4 is 0 Å². The first-order chi connectivity index (χ1) is 14.1. The predicted octanol–water partition coefficient (Wildman–Crippen LogP) is 4.77. The average Bonchev–Trinajstić information content (AvgIpc) is 3.11. The second kappa shape index (κ2) is 8.43. The van der Waals surface area contributed by atoms with Gasteiger partial charge in [0, 0.05) is 48.1 Å². The molecule has 4 rings (SSSR count). The molecule has 5 nitrogen and oxygen atoms in total. The summed E-state index contributed by atoms with van der Waals surface area (Å²) in [7, 11) is 0. The fourth-order valence-electron chi connectivity index (χ4n) is 3.95. The SMILES string of the molecule is Cc1noc(C)c1-c1ccc([C@@H]2CCCN(C(=O)/C=C/c3ccccc3)C2)nc1. The fourth-order valence-corrected chi connectivity index (χ4v) is 3.95. The third kappa shape index (κ3) is 4.29. The molecule has 1 fully saturated rings. The van der Waals surface area contributed by atoms with E-state index in [1.165, 1.54) is 0 Å². The number of pyridine rings is 1. The molecule has 1 amide bonds. The molecule has 0 radical (unpaired) electrons. The van der Waals surface area contributed by atoms with Crippen molar-refractivity contribution in [2.45, 2.75) is 32.6 Å². The van der Waals surface area contributed by atoms with E-state index in [2.05, 4.69) is 17.3 Å². The lowest BCUT2D eigenvalue weighted by Crippen LogP contribution is -2.38. The summed E-state index contributed by atoms with van der Waals surface area (Å²) >= 11 is 0. The van der Waals surface area contributed by atoms with Crippen LogP contribution in [0, 0.1) is 13.8 Å². The summed E-state index contributed by atoms with van der Waals surface area (Å²) in [6, 6.07) is 14.0. The lowest BCUT2D eigenvalue weighted by Gasteiger charge is -2.32. The topological polar surface area (TPSA) is 59.2 Å². The van der Waals surface area contributed by atoms with E-state index >= 15 is 0 Å². The van der Waals surface area contributed by atoms with Crippen LogP contribution in [0.3, 0.4) is 0 Å². The molecular weight excluding hydrogens is 362 g/mol. The number of piperidine rings is 1. The summed E-state index contributed by atoms with van der Waals surface area (Å²) in [4.78, 5) is 19.3. The second-order valence-corrected chi connectivity index (χ2v) is 7.54. The van der Waals surface area contributed by atoms with E-state index in [0.717, 1.165) is 53.2 Å². The largest absolute Gasteiger partial charge is 0.361 e. The van der Waals surface area contributed by atoms with Gasteiger partial charge in [-0.3, -0.25) is 9.78 Å². The molecule has 1 atom stereocenters. The number of likely N-dealkylation sites (tertiary alicyclic amines) is 1. The van der Waals surface area contributed by atoms with Gasteiger partial charge in [0.15, 0.2) is 0 Å². The minimum atomic E-state index is 0.0610. The number of carbonyl (C=O) groups is 1. The molecule has 2 aromatic heterocycles. The van der Waals surface area contributed by atoms with Gasteiger partial charge in [-0.15, -0.1) is 0 Å². The molecule has 1 aromatic carbocycles. The van der Waals surface area contributed by atoms with Crippen molar-refractivity contribution in [3.63, 3.8) is 0 Å². The van der Waals surface area contributed by atoms with Crippen LogP contribution in [0.4, 0.5) is 0 Å². The van der Waals surface area contributed by atoms with Crippen molar-refractivity contribution in [2.75, 3.05) is 13.1 Å². The van der Waals surface area contributed by atoms with Gasteiger partial charge in [0.05, 0.1) is 5.69 Å². The highest BCUT2D eigenvalue weighted by Crippen LogP contribution is 2.30. The van der Waals surface area contributed by atoms with Gasteiger partial charge in [-0.25, -0.2) is 0 Å². The van der Waals surface area contributed by atoms with E-state index in [-0.39, 0.29) is 11.8 Å². The molecule has 0 saturated carbocycles. The molecule has 3 heterocycles. The molecule has 1 saturated heterocycles. The first-order valence-electron chi connectivity index (χ1n) is 10.0. The fraction of sp³-hybridized carbons (Fsp3) is 0.292. The third-order valence-electron chi connectivity index (χ3n) is 5.48. The average molecular weight is 387 g/mol. The molecule has 0 spiro atoms. The normalized spacial score (nSPS) is 17.0. The maximum Gasteiger partial charge on any atom is 0.246 e. The Morgan fingerprint density at radius 3 is 2.69 bits per heavy atom. The second-order valence-electron chi connectivity index (χ2n) is 7.54. The standard InChI is InChI=1S/C24H25N3O2/c1-17-24(18(2)29-26-17)20-11-12-22(25-15-20)21-9-6-14-27(16-21)23(28)13-10-19-7-4-3-5-8-19/h3-5,7-8,10-13,15,21H,6,9,14,16H2,1-2H3/b13-10+/t21-/m1/s1. The summed E-state index contributed by atoms with van der Waals surface area (Å²) in [6.45, 7) is 5.35. The molecule has 1 aliphatic rings. The summed E-state index contributed by atoms with van der Waals surface area (Å²) in [6.07, 6.45) is 7.47. The monoisotopic (exact) mass is 387 g/mol. The van der Waals surface area contributed by atoms with Crippen molar-refractivity contribution in [2.24, 2.45) is 0 Å². The lowest BCUT2D eigenvalue weighted by molar-refractivity contribution is -0.127. The Hall–Kier alpha value is -3.21. The molecular formula is C24H25N3O2. The van der Waals surface area contributed by atoms with Gasteiger partial charge >= 0.3 is 0 Å². The number of rotatable bonds is 4. The van der Waals surface area contributed by atoms with E-state index in [1.807, 2.05) is 61.4 Å². The summed E-state index contributed by atoms with van der Waals surface area (Å²) in [5.74, 6) is 1.12. The van der Waals surface area contributed by atoms with Gasteiger partial charge < -0.3 is 9.42 Å². The van der Waals surface area contributed by atoms with Gasteiger partial charge in [0.1, 0.15) is 5.76 Å². The van der Waals surface area contributed by atoms with Crippen LogP contribution in [0.1, 0.15) is 41.5 Å². The number of hydrogen-bond donors (Lipinski definition) is 0. The zero-order valence-electron chi connectivity index (χ0n) is 16.8. The molecule has 5 heteroatoms. The van der Waals surface area contributed by atoms with Crippen molar-refractivity contribution in [1.82, 2.24) is 15.0 Å². The number of aryl methyl sites for hydroxylation is 2. The number of benzene rings is 1. The van der Waals surface area contributed by atoms with E-state index in [0.29, 0.717) is 6.54 Å². The van der Waals surface area contributed by atoms with E-state index in [9.17, 15) is 4.79 Å². The summed E-state index contributed by atoms with van der Waals surface area (Å²) in [5, 5.41) is 4.02. The van der Waals surface area contributed by atoms with Gasteiger partial charge in [0.25, 0.3) is 0 Å². The van der Waals surface area contributed by atoms with Crippen molar-refractivity contribution >= 4 is 12.0 Å². The first-order valence-corrected chi connectivity index (χ1v) is 10.0. The number of carbonyl (C=O) groups excluding carboxylic acids is 1. The Balaban J connectivity index is 1.44. The van der Waals surface area contributed by atoms with Crippen molar-refractivity contribution in [3.8, 4) is 11.1 Å². The zero-order valence-corrected chi connectivity index (χ0v) is 16.8. The van der Waals surface area contributed by atoms with E-state index in [1.54, 1.807) is 6.08 Å². The van der Waals surface area contributed by atoms with Crippen LogP contribution in [0.15, 0.2) is 59.3 Å². The van der Waals surface area contributed by atoms with Gasteiger partial charge in [-0.05, 0) is 44.4 Å². The van der Waals surface area contributed by atoms with Crippen LogP contribution >= 0.6 is 0 Å². The minimum Gasteiger partial charge on any atom is -0.361 e. The zero-order chi connectivity index (χ0) is 20.2.